The number of hydrogen-bond acceptors (Lipinski definition) is 5. The third-order valence-corrected chi connectivity index (χ3v) is 3.33. The Kier molecular flexibility index (Phi) is 8.12. The quantitative estimate of drug-likeness (QED) is 0.281. The standard InChI is InChI=1S/C6H7NO6S2.2Na.2H/c7-5-3-4(14(8,9)10)1-2-6(5)15(11,12)13;;;;/h1-3H,7H2,(H,8,9,10)(H,11,12,13);;;;/q;2*+1;2*-1. The third kappa shape index (κ3) is 5.55. The summed E-state index contributed by atoms with van der Waals surface area (Å²) in [7, 11) is -8.94. The molecule has 0 saturated heterocycles. The van der Waals surface area contributed by atoms with E-state index in [1.54, 1.807) is 0 Å². The minimum absolute atomic E-state index is 0. The summed E-state index contributed by atoms with van der Waals surface area (Å²) < 4.78 is 59.9. The molecule has 1 rings (SSSR count). The van der Waals surface area contributed by atoms with Crippen molar-refractivity contribution in [2.24, 2.45) is 0 Å². The van der Waals surface area contributed by atoms with E-state index in [2.05, 4.69) is 0 Å². The Hall–Kier alpha value is 0.840. The Balaban J connectivity index is -0.000000281. The molecule has 0 spiro atoms. The van der Waals surface area contributed by atoms with Crippen LogP contribution in [0.5, 0.6) is 0 Å². The second kappa shape index (κ2) is 6.85. The molecule has 0 fully saturated rings. The van der Waals surface area contributed by atoms with Gasteiger partial charge in [-0.2, -0.15) is 16.8 Å². The summed E-state index contributed by atoms with van der Waals surface area (Å²) in [4.78, 5) is -1.16. The van der Waals surface area contributed by atoms with Crippen molar-refractivity contribution in [2.45, 2.75) is 9.79 Å². The summed E-state index contributed by atoms with van der Waals surface area (Å²) in [6.45, 7) is 0. The molecule has 11 heteroatoms. The van der Waals surface area contributed by atoms with Crippen LogP contribution in [0.25, 0.3) is 0 Å². The fourth-order valence-electron chi connectivity index (χ4n) is 0.922. The second-order valence-electron chi connectivity index (χ2n) is 2.65. The minimum Gasteiger partial charge on any atom is -1.00 e. The van der Waals surface area contributed by atoms with Crippen LogP contribution < -0.4 is 64.8 Å². The molecule has 0 aromatic heterocycles. The SMILES string of the molecule is Nc1cc(S(=O)(=O)O)ccc1S(=O)(=O)O.[H-].[H-].[Na+].[Na+]. The minimum atomic E-state index is -4.50. The molecule has 0 saturated carbocycles. The summed E-state index contributed by atoms with van der Waals surface area (Å²) in [5, 5.41) is 0. The Bertz CT molecular complexity index is 606. The first-order chi connectivity index (χ1) is 6.62. The molecule has 0 aliphatic carbocycles. The van der Waals surface area contributed by atoms with Crippen LogP contribution >= 0.6 is 0 Å². The van der Waals surface area contributed by atoms with Crippen LogP contribution in [0.2, 0.25) is 0 Å². The van der Waals surface area contributed by atoms with E-state index in [1.807, 2.05) is 0 Å². The van der Waals surface area contributed by atoms with Gasteiger partial charge in [0.05, 0.1) is 10.6 Å². The molecule has 0 unspecified atom stereocenters. The molecular formula is C6H9NNa2O6S2. The van der Waals surface area contributed by atoms with Crippen molar-refractivity contribution >= 4 is 25.9 Å². The molecule has 1 aromatic rings. The number of anilines is 1. The zero-order valence-electron chi connectivity index (χ0n) is 11.2. The van der Waals surface area contributed by atoms with Crippen LogP contribution in [0.4, 0.5) is 5.69 Å². The van der Waals surface area contributed by atoms with E-state index in [9.17, 15) is 16.8 Å². The Morgan fingerprint density at radius 2 is 1.47 bits per heavy atom. The summed E-state index contributed by atoms with van der Waals surface area (Å²) in [6, 6.07) is 2.33. The van der Waals surface area contributed by atoms with E-state index in [-0.39, 0.29) is 62.0 Å². The third-order valence-electron chi connectivity index (χ3n) is 1.56. The van der Waals surface area contributed by atoms with Crippen LogP contribution in [0, 0.1) is 0 Å². The fraction of sp³-hybridized carbons (Fsp3) is 0. The average molecular weight is 301 g/mol. The molecular weight excluding hydrogens is 292 g/mol. The fourth-order valence-corrected chi connectivity index (χ4v) is 2.03. The average Bonchev–Trinajstić information content (AvgIpc) is 1.99. The van der Waals surface area contributed by atoms with Gasteiger partial charge in [0.15, 0.2) is 0 Å². The molecule has 0 amide bonds. The van der Waals surface area contributed by atoms with E-state index < -0.39 is 35.7 Å². The Morgan fingerprint density at radius 3 is 1.76 bits per heavy atom. The first-order valence-electron chi connectivity index (χ1n) is 3.47. The van der Waals surface area contributed by atoms with E-state index in [1.165, 1.54) is 0 Å². The van der Waals surface area contributed by atoms with Gasteiger partial charge in [0.1, 0.15) is 4.90 Å². The molecule has 0 radical (unpaired) electrons. The van der Waals surface area contributed by atoms with Crippen LogP contribution in [0.3, 0.4) is 0 Å². The molecule has 0 heterocycles. The summed E-state index contributed by atoms with van der Waals surface area (Å²) in [5.74, 6) is 0. The molecule has 0 atom stereocenters. The molecule has 0 aliphatic heterocycles. The van der Waals surface area contributed by atoms with Crippen LogP contribution in [0.1, 0.15) is 2.85 Å². The van der Waals surface area contributed by atoms with Gasteiger partial charge in [-0.25, -0.2) is 0 Å². The van der Waals surface area contributed by atoms with Gasteiger partial charge in [0.2, 0.25) is 0 Å². The number of hydrogen-bond donors (Lipinski definition) is 3. The topological polar surface area (TPSA) is 135 Å². The van der Waals surface area contributed by atoms with Gasteiger partial charge in [-0.15, -0.1) is 0 Å². The van der Waals surface area contributed by atoms with Crippen molar-refractivity contribution in [2.75, 3.05) is 5.73 Å². The second-order valence-corrected chi connectivity index (χ2v) is 5.46. The van der Waals surface area contributed by atoms with Crippen molar-refractivity contribution in [3.05, 3.63) is 18.2 Å². The van der Waals surface area contributed by atoms with Gasteiger partial charge in [-0.1, -0.05) is 0 Å². The van der Waals surface area contributed by atoms with Crippen molar-refractivity contribution in [3.8, 4) is 0 Å². The zero-order valence-corrected chi connectivity index (χ0v) is 14.8. The number of rotatable bonds is 2. The molecule has 4 N–H and O–H groups in total. The molecule has 17 heavy (non-hydrogen) atoms. The zero-order chi connectivity index (χ0) is 11.9. The molecule has 0 aliphatic rings. The summed E-state index contributed by atoms with van der Waals surface area (Å²) >= 11 is 0. The molecule has 88 valence electrons. The van der Waals surface area contributed by atoms with Crippen molar-refractivity contribution in [1.82, 2.24) is 0 Å². The van der Waals surface area contributed by atoms with Gasteiger partial charge >= 0.3 is 59.1 Å². The van der Waals surface area contributed by atoms with E-state index >= 15 is 0 Å². The monoisotopic (exact) mass is 301 g/mol. The molecule has 0 bridgehead atoms. The van der Waals surface area contributed by atoms with Crippen molar-refractivity contribution in [3.63, 3.8) is 0 Å². The van der Waals surface area contributed by atoms with Gasteiger partial charge in [0, 0.05) is 0 Å². The van der Waals surface area contributed by atoms with Gasteiger partial charge in [0.25, 0.3) is 20.2 Å². The maximum absolute atomic E-state index is 10.7. The summed E-state index contributed by atoms with van der Waals surface area (Å²) in [5.41, 5.74) is 4.72. The smallest absolute Gasteiger partial charge is 1.00 e. The largest absolute Gasteiger partial charge is 1.00 e. The van der Waals surface area contributed by atoms with E-state index in [4.69, 9.17) is 14.8 Å². The number of nitrogens with two attached hydrogens (primary N) is 1. The predicted molar refractivity (Wildman–Crippen MR) is 52.7 cm³/mol. The Labute approximate surface area is 146 Å². The van der Waals surface area contributed by atoms with Gasteiger partial charge in [-0.3, -0.25) is 9.11 Å². The van der Waals surface area contributed by atoms with E-state index in [0.29, 0.717) is 0 Å². The van der Waals surface area contributed by atoms with Crippen LogP contribution in [-0.4, -0.2) is 25.9 Å². The normalized spacial score (nSPS) is 11.2. The summed E-state index contributed by atoms with van der Waals surface area (Å²) in [6.07, 6.45) is 0. The Morgan fingerprint density at radius 1 is 1.00 bits per heavy atom. The molecule has 1 aromatic carbocycles. The number of benzene rings is 1. The van der Waals surface area contributed by atoms with Crippen molar-refractivity contribution < 1.29 is 87.9 Å². The van der Waals surface area contributed by atoms with Crippen molar-refractivity contribution in [1.29, 1.82) is 0 Å². The maximum atomic E-state index is 10.7. The number of nitrogen functional groups attached to an aromatic ring is 1. The van der Waals surface area contributed by atoms with Crippen LogP contribution in [0.15, 0.2) is 28.0 Å². The van der Waals surface area contributed by atoms with Gasteiger partial charge < -0.3 is 8.59 Å². The van der Waals surface area contributed by atoms with Crippen LogP contribution in [-0.2, 0) is 20.2 Å². The molecule has 7 nitrogen and oxygen atoms in total. The maximum Gasteiger partial charge on any atom is 1.00 e. The first kappa shape index (κ1) is 20.2. The predicted octanol–water partition coefficient (Wildman–Crippen LogP) is -6.00. The van der Waals surface area contributed by atoms with Gasteiger partial charge in [-0.05, 0) is 18.2 Å². The van der Waals surface area contributed by atoms with E-state index in [0.717, 1.165) is 18.2 Å². The first-order valence-corrected chi connectivity index (χ1v) is 6.35.